The lowest BCUT2D eigenvalue weighted by Crippen LogP contribution is -2.41. The molecular formula is C29H32BrIN2O2S. The van der Waals surface area contributed by atoms with E-state index in [0.29, 0.717) is 12.6 Å². The van der Waals surface area contributed by atoms with Crippen molar-refractivity contribution in [2.45, 2.75) is 82.9 Å². The zero-order valence-corrected chi connectivity index (χ0v) is 25.0. The Labute approximate surface area is 240 Å². The standard InChI is InChI=1S/C29H32BrIN2O2S/c30-22-13-16-26(35-19-20-11-14-23(31)15-12-20)21(17-22)18-27-28(34)33(25-9-5-2-6-10-25)29(36-27)32-24-7-3-1-4-8-24/h11-18,24-25H,1-10,19H2. The molecule has 3 fully saturated rings. The Hall–Kier alpha value is -1.32. The second kappa shape index (κ2) is 12.5. The van der Waals surface area contributed by atoms with Crippen LogP contribution in [0, 0.1) is 3.57 Å². The fraction of sp³-hybridized carbons (Fsp3) is 0.448. The first-order chi connectivity index (χ1) is 17.6. The Bertz CT molecular complexity index is 1140. The normalized spacial score (nSPS) is 22.1. The third kappa shape index (κ3) is 6.57. The van der Waals surface area contributed by atoms with E-state index in [1.165, 1.54) is 42.1 Å². The van der Waals surface area contributed by atoms with Crippen LogP contribution in [0.25, 0.3) is 6.08 Å². The zero-order valence-electron chi connectivity index (χ0n) is 20.4. The molecule has 3 aliphatic rings. The van der Waals surface area contributed by atoms with Crippen molar-refractivity contribution in [3.05, 3.63) is 66.5 Å². The molecule has 190 valence electrons. The van der Waals surface area contributed by atoms with Crippen molar-refractivity contribution in [3.63, 3.8) is 0 Å². The second-order valence-electron chi connectivity index (χ2n) is 9.88. The number of hydrogen-bond acceptors (Lipinski definition) is 4. The highest BCUT2D eigenvalue weighted by Gasteiger charge is 2.39. The van der Waals surface area contributed by atoms with Crippen molar-refractivity contribution < 1.29 is 9.53 Å². The van der Waals surface area contributed by atoms with E-state index < -0.39 is 0 Å². The maximum absolute atomic E-state index is 13.8. The van der Waals surface area contributed by atoms with Gasteiger partial charge in [-0.25, -0.2) is 0 Å². The van der Waals surface area contributed by atoms with Gasteiger partial charge >= 0.3 is 0 Å². The molecule has 1 amide bonds. The largest absolute Gasteiger partial charge is 0.488 e. The number of carbonyl (C=O) groups excluding carboxylic acids is 1. The summed E-state index contributed by atoms with van der Waals surface area (Å²) in [5.74, 6) is 0.879. The summed E-state index contributed by atoms with van der Waals surface area (Å²) in [7, 11) is 0. The minimum absolute atomic E-state index is 0.102. The van der Waals surface area contributed by atoms with E-state index in [4.69, 9.17) is 9.73 Å². The smallest absolute Gasteiger partial charge is 0.267 e. The average molecular weight is 679 g/mol. The van der Waals surface area contributed by atoms with Gasteiger partial charge in [0.15, 0.2) is 5.17 Å². The highest BCUT2D eigenvalue weighted by Crippen LogP contribution is 2.39. The minimum atomic E-state index is 0.102. The Morgan fingerprint density at radius 3 is 2.42 bits per heavy atom. The molecule has 0 radical (unpaired) electrons. The number of hydrogen-bond donors (Lipinski definition) is 0. The molecule has 0 spiro atoms. The van der Waals surface area contributed by atoms with Crippen LogP contribution < -0.4 is 4.74 Å². The van der Waals surface area contributed by atoms with Crippen LogP contribution in [0.1, 0.15) is 75.3 Å². The Kier molecular flexibility index (Phi) is 9.12. The minimum Gasteiger partial charge on any atom is -0.488 e. The number of nitrogens with zero attached hydrogens (tertiary/aromatic N) is 2. The van der Waals surface area contributed by atoms with Crippen LogP contribution in [0.15, 0.2) is 56.8 Å². The maximum atomic E-state index is 13.8. The molecule has 0 aromatic heterocycles. The zero-order chi connectivity index (χ0) is 24.9. The SMILES string of the molecule is O=C1C(=Cc2cc(Br)ccc2OCc2ccc(I)cc2)SC(=NC2CCCCC2)N1C1CCCCC1. The number of rotatable bonds is 6. The molecule has 36 heavy (non-hydrogen) atoms. The maximum Gasteiger partial charge on any atom is 0.267 e. The summed E-state index contributed by atoms with van der Waals surface area (Å²) in [6, 6.07) is 15.0. The van der Waals surface area contributed by atoms with Crippen LogP contribution in [0.3, 0.4) is 0 Å². The van der Waals surface area contributed by atoms with Crippen molar-refractivity contribution in [1.82, 2.24) is 4.90 Å². The fourth-order valence-electron chi connectivity index (χ4n) is 5.25. The van der Waals surface area contributed by atoms with Crippen molar-refractivity contribution in [2.24, 2.45) is 4.99 Å². The van der Waals surface area contributed by atoms with Gasteiger partial charge in [0, 0.05) is 19.6 Å². The first-order valence-electron chi connectivity index (χ1n) is 13.0. The number of halogens is 2. The lowest BCUT2D eigenvalue weighted by Gasteiger charge is -2.31. The van der Waals surface area contributed by atoms with E-state index in [0.717, 1.165) is 57.1 Å². The molecule has 0 N–H and O–H groups in total. The highest BCUT2D eigenvalue weighted by atomic mass is 127. The number of ether oxygens (including phenoxy) is 1. The van der Waals surface area contributed by atoms with Crippen molar-refractivity contribution in [2.75, 3.05) is 0 Å². The number of amides is 1. The third-order valence-corrected chi connectivity index (χ3v) is 9.42. The van der Waals surface area contributed by atoms with Crippen LogP contribution in [0.2, 0.25) is 0 Å². The molecule has 0 unspecified atom stereocenters. The lowest BCUT2D eigenvalue weighted by atomic mass is 9.94. The van der Waals surface area contributed by atoms with Crippen LogP contribution in [0.4, 0.5) is 0 Å². The van der Waals surface area contributed by atoms with Crippen molar-refractivity contribution >= 4 is 67.4 Å². The monoisotopic (exact) mass is 678 g/mol. The lowest BCUT2D eigenvalue weighted by molar-refractivity contribution is -0.124. The van der Waals surface area contributed by atoms with Crippen molar-refractivity contribution in [1.29, 1.82) is 0 Å². The van der Waals surface area contributed by atoms with Gasteiger partial charge in [-0.3, -0.25) is 14.7 Å². The first-order valence-corrected chi connectivity index (χ1v) is 15.7. The van der Waals surface area contributed by atoms with Crippen molar-refractivity contribution in [3.8, 4) is 5.75 Å². The van der Waals surface area contributed by atoms with Gasteiger partial charge in [-0.15, -0.1) is 0 Å². The molecule has 1 saturated heterocycles. The number of carbonyl (C=O) groups is 1. The summed E-state index contributed by atoms with van der Waals surface area (Å²) in [6.45, 7) is 0.485. The molecule has 7 heteroatoms. The molecule has 1 heterocycles. The van der Waals surface area contributed by atoms with Gasteiger partial charge in [0.1, 0.15) is 12.4 Å². The number of aliphatic imine (C=N–C) groups is 1. The molecular weight excluding hydrogens is 647 g/mol. The van der Waals surface area contributed by atoms with Gasteiger partial charge in [-0.2, -0.15) is 0 Å². The van der Waals surface area contributed by atoms with E-state index in [1.807, 2.05) is 29.2 Å². The summed E-state index contributed by atoms with van der Waals surface area (Å²) < 4.78 is 8.39. The summed E-state index contributed by atoms with van der Waals surface area (Å²) in [5.41, 5.74) is 2.03. The second-order valence-corrected chi connectivity index (χ2v) is 13.0. The van der Waals surface area contributed by atoms with Gasteiger partial charge in [-0.05, 0) is 102 Å². The summed E-state index contributed by atoms with van der Waals surface area (Å²) in [6.07, 6.45) is 13.9. The topological polar surface area (TPSA) is 41.9 Å². The summed E-state index contributed by atoms with van der Waals surface area (Å²) in [4.78, 5) is 21.7. The van der Waals surface area contributed by atoms with E-state index in [9.17, 15) is 4.79 Å². The van der Waals surface area contributed by atoms with Crippen LogP contribution in [0.5, 0.6) is 5.75 Å². The van der Waals surface area contributed by atoms with Crippen LogP contribution in [-0.2, 0) is 11.4 Å². The molecule has 2 aromatic carbocycles. The Morgan fingerprint density at radius 1 is 1.00 bits per heavy atom. The highest BCUT2D eigenvalue weighted by molar-refractivity contribution is 14.1. The van der Waals surface area contributed by atoms with E-state index in [2.05, 4.69) is 62.8 Å². The average Bonchev–Trinajstić information content (AvgIpc) is 3.19. The molecule has 0 bridgehead atoms. The van der Waals surface area contributed by atoms with Crippen LogP contribution in [-0.4, -0.2) is 28.1 Å². The Balaban J connectivity index is 1.42. The van der Waals surface area contributed by atoms with Crippen LogP contribution >= 0.6 is 50.3 Å². The van der Waals surface area contributed by atoms with Gasteiger partial charge in [0.25, 0.3) is 5.91 Å². The van der Waals surface area contributed by atoms with E-state index in [1.54, 1.807) is 11.8 Å². The van der Waals surface area contributed by atoms with E-state index in [-0.39, 0.29) is 11.9 Å². The predicted molar refractivity (Wildman–Crippen MR) is 161 cm³/mol. The van der Waals surface area contributed by atoms with Gasteiger partial charge in [0.05, 0.1) is 10.9 Å². The first kappa shape index (κ1) is 26.3. The number of thioether (sulfide) groups is 1. The third-order valence-electron chi connectivity index (χ3n) is 7.21. The molecule has 2 saturated carbocycles. The predicted octanol–water partition coefficient (Wildman–Crippen LogP) is 8.57. The molecule has 1 aliphatic heterocycles. The Morgan fingerprint density at radius 2 is 1.69 bits per heavy atom. The molecule has 2 aromatic rings. The summed E-state index contributed by atoms with van der Waals surface area (Å²) >= 11 is 7.47. The quantitative estimate of drug-likeness (QED) is 0.227. The van der Waals surface area contributed by atoms with Gasteiger partial charge in [0.2, 0.25) is 0 Å². The number of benzene rings is 2. The molecule has 2 aliphatic carbocycles. The summed E-state index contributed by atoms with van der Waals surface area (Å²) in [5, 5.41) is 0.918. The van der Waals surface area contributed by atoms with Gasteiger partial charge in [-0.1, -0.05) is 66.6 Å². The van der Waals surface area contributed by atoms with Gasteiger partial charge < -0.3 is 4.74 Å². The van der Waals surface area contributed by atoms with E-state index >= 15 is 0 Å². The molecule has 5 rings (SSSR count). The molecule has 0 atom stereocenters. The fourth-order valence-corrected chi connectivity index (χ4v) is 7.09. The number of amidine groups is 1. The molecule has 4 nitrogen and oxygen atoms in total.